The van der Waals surface area contributed by atoms with Crippen LogP contribution in [0.4, 0.5) is 5.69 Å². The van der Waals surface area contributed by atoms with E-state index in [4.69, 9.17) is 14.2 Å². The average Bonchev–Trinajstić information content (AvgIpc) is 3.01. The van der Waals surface area contributed by atoms with Gasteiger partial charge in [0.1, 0.15) is 5.75 Å². The van der Waals surface area contributed by atoms with E-state index in [1.165, 1.54) is 38.0 Å². The number of non-ortho nitro benzene ring substituents is 1. The summed E-state index contributed by atoms with van der Waals surface area (Å²) in [5.41, 5.74) is 2.74. The summed E-state index contributed by atoms with van der Waals surface area (Å²) in [4.78, 5) is 42.0. The summed E-state index contributed by atoms with van der Waals surface area (Å²) >= 11 is 0. The number of ether oxygens (including phenoxy) is 3. The van der Waals surface area contributed by atoms with Gasteiger partial charge in [-0.1, -0.05) is 30.3 Å². The third-order valence-corrected chi connectivity index (χ3v) is 7.93. The number of nitro groups is 1. The van der Waals surface area contributed by atoms with Crippen molar-refractivity contribution in [1.82, 2.24) is 15.1 Å². The maximum Gasteiger partial charge on any atom is 0.336 e. The van der Waals surface area contributed by atoms with Gasteiger partial charge in [0, 0.05) is 61.8 Å². The first-order valence-electron chi connectivity index (χ1n) is 14.5. The Labute approximate surface area is 252 Å². The molecule has 0 saturated carbocycles. The smallest absolute Gasteiger partial charge is 0.336 e. The number of benzene rings is 2. The van der Waals surface area contributed by atoms with Crippen molar-refractivity contribution in [1.29, 1.82) is 0 Å². The van der Waals surface area contributed by atoms with Gasteiger partial charge in [0.2, 0.25) is 0 Å². The number of unbranched alkanes of at least 4 members (excludes halogenated alkanes) is 1. The van der Waals surface area contributed by atoms with Crippen LogP contribution < -0.4 is 10.1 Å². The minimum Gasteiger partial charge on any atom is -0.493 e. The van der Waals surface area contributed by atoms with Crippen LogP contribution >= 0.6 is 0 Å². The summed E-state index contributed by atoms with van der Waals surface area (Å²) in [6.45, 7) is 9.75. The summed E-state index contributed by atoms with van der Waals surface area (Å²) in [6.07, 6.45) is 1.69. The van der Waals surface area contributed by atoms with Crippen molar-refractivity contribution < 1.29 is 28.7 Å². The first-order valence-corrected chi connectivity index (χ1v) is 14.5. The molecule has 0 spiro atoms. The van der Waals surface area contributed by atoms with Crippen molar-refractivity contribution in [3.8, 4) is 5.75 Å². The van der Waals surface area contributed by atoms with Crippen LogP contribution in [-0.2, 0) is 25.6 Å². The zero-order valence-electron chi connectivity index (χ0n) is 25.3. The summed E-state index contributed by atoms with van der Waals surface area (Å²) < 4.78 is 16.3. The minimum absolute atomic E-state index is 0.158. The Kier molecular flexibility index (Phi) is 10.9. The van der Waals surface area contributed by atoms with E-state index in [0.29, 0.717) is 29.3 Å². The maximum absolute atomic E-state index is 12.9. The first-order chi connectivity index (χ1) is 20.7. The van der Waals surface area contributed by atoms with Crippen molar-refractivity contribution in [3.63, 3.8) is 0 Å². The Hall–Kier alpha value is -4.22. The van der Waals surface area contributed by atoms with Crippen molar-refractivity contribution >= 4 is 17.6 Å². The van der Waals surface area contributed by atoms with Gasteiger partial charge < -0.3 is 24.4 Å². The number of hydrogen-bond donors (Lipinski definition) is 1. The highest BCUT2D eigenvalue weighted by molar-refractivity contribution is 6.00. The molecule has 1 saturated heterocycles. The van der Waals surface area contributed by atoms with E-state index in [9.17, 15) is 19.7 Å². The molecule has 4 rings (SSSR count). The number of hydrogen-bond acceptors (Lipinski definition) is 10. The molecule has 0 aromatic heterocycles. The number of dihydropyridines is 1. The molecule has 1 N–H and O–H groups in total. The van der Waals surface area contributed by atoms with Crippen LogP contribution in [0, 0.1) is 10.1 Å². The number of methoxy groups -OCH3 is 2. The number of nitro benzene ring substituents is 1. The maximum atomic E-state index is 12.9. The van der Waals surface area contributed by atoms with Crippen LogP contribution in [0.3, 0.4) is 0 Å². The second-order valence-corrected chi connectivity index (χ2v) is 10.8. The topological polar surface area (TPSA) is 123 Å². The van der Waals surface area contributed by atoms with Gasteiger partial charge in [-0.25, -0.2) is 9.59 Å². The standard InChI is InChI=1S/C32H40N4O7/c1-22-28(31(37)41-3)30(29(23(2)33-22)32(38)42-4)26-20-25(36(39)40)12-13-27(26)43-19-9-8-14-34-15-17-35(18-16-34)21-24-10-6-5-7-11-24/h5-7,10-13,20,30,33H,8-9,14-19,21H2,1-4H3. The summed E-state index contributed by atoms with van der Waals surface area (Å²) in [5, 5.41) is 14.8. The van der Waals surface area contributed by atoms with Crippen LogP contribution in [-0.4, -0.2) is 80.2 Å². The molecule has 11 heteroatoms. The van der Waals surface area contributed by atoms with E-state index in [1.54, 1.807) is 13.8 Å². The summed E-state index contributed by atoms with van der Waals surface area (Å²) in [7, 11) is 2.49. The predicted molar refractivity (Wildman–Crippen MR) is 161 cm³/mol. The van der Waals surface area contributed by atoms with Gasteiger partial charge in [-0.2, -0.15) is 0 Å². The van der Waals surface area contributed by atoms with E-state index in [1.807, 2.05) is 6.07 Å². The number of carbonyl (C=O) groups is 2. The second-order valence-electron chi connectivity index (χ2n) is 10.8. The van der Waals surface area contributed by atoms with Crippen LogP contribution in [0.1, 0.15) is 43.7 Å². The van der Waals surface area contributed by atoms with Gasteiger partial charge in [0.05, 0.1) is 42.8 Å². The van der Waals surface area contributed by atoms with E-state index < -0.39 is 22.8 Å². The molecular formula is C32H40N4O7. The number of nitrogens with one attached hydrogen (secondary N) is 1. The molecule has 2 aliphatic heterocycles. The molecule has 11 nitrogen and oxygen atoms in total. The lowest BCUT2D eigenvalue weighted by Gasteiger charge is -2.34. The van der Waals surface area contributed by atoms with Crippen molar-refractivity contribution in [3.05, 3.63) is 92.3 Å². The third kappa shape index (κ3) is 7.79. The van der Waals surface area contributed by atoms with E-state index >= 15 is 0 Å². The van der Waals surface area contributed by atoms with Gasteiger partial charge >= 0.3 is 11.9 Å². The molecule has 2 heterocycles. The van der Waals surface area contributed by atoms with Gasteiger partial charge in [-0.15, -0.1) is 0 Å². The fourth-order valence-electron chi connectivity index (χ4n) is 5.70. The number of allylic oxidation sites excluding steroid dienone is 2. The molecule has 43 heavy (non-hydrogen) atoms. The summed E-state index contributed by atoms with van der Waals surface area (Å²) in [6, 6.07) is 14.7. The van der Waals surface area contributed by atoms with Gasteiger partial charge in [0.25, 0.3) is 5.69 Å². The Morgan fingerprint density at radius 1 is 0.907 bits per heavy atom. The predicted octanol–water partition coefficient (Wildman–Crippen LogP) is 4.15. The molecule has 230 valence electrons. The van der Waals surface area contributed by atoms with Gasteiger partial charge in [-0.3, -0.25) is 15.0 Å². The molecule has 0 radical (unpaired) electrons. The molecule has 1 fully saturated rings. The monoisotopic (exact) mass is 592 g/mol. The molecule has 2 aromatic carbocycles. The van der Waals surface area contributed by atoms with Crippen LogP contribution in [0.2, 0.25) is 0 Å². The van der Waals surface area contributed by atoms with Crippen molar-refractivity contribution in [2.75, 3.05) is 53.6 Å². The Balaban J connectivity index is 1.43. The SMILES string of the molecule is COC(=O)C1=C(C)NC(C)=C(C(=O)OC)C1c1cc([N+](=O)[O-])ccc1OCCCCN1CCN(Cc2ccccc2)CC1. The zero-order chi connectivity index (χ0) is 30.9. The van der Waals surface area contributed by atoms with Gasteiger partial charge in [-0.05, 0) is 44.9 Å². The highest BCUT2D eigenvalue weighted by Crippen LogP contribution is 2.44. The summed E-state index contributed by atoms with van der Waals surface area (Å²) in [5.74, 6) is -1.95. The molecule has 0 bridgehead atoms. The molecular weight excluding hydrogens is 552 g/mol. The highest BCUT2D eigenvalue weighted by atomic mass is 16.6. The average molecular weight is 593 g/mol. The fraction of sp³-hybridized carbons (Fsp3) is 0.438. The fourth-order valence-corrected chi connectivity index (χ4v) is 5.70. The lowest BCUT2D eigenvalue weighted by atomic mass is 9.80. The van der Waals surface area contributed by atoms with Crippen LogP contribution in [0.25, 0.3) is 0 Å². The van der Waals surface area contributed by atoms with Crippen molar-refractivity contribution in [2.45, 2.75) is 39.2 Å². The quantitative estimate of drug-likeness (QED) is 0.166. The first kappa shape index (κ1) is 31.7. The minimum atomic E-state index is -0.983. The Bertz CT molecular complexity index is 1340. The molecule has 0 atom stereocenters. The Morgan fingerprint density at radius 3 is 2.09 bits per heavy atom. The van der Waals surface area contributed by atoms with Crippen molar-refractivity contribution in [2.24, 2.45) is 0 Å². The van der Waals surface area contributed by atoms with E-state index in [0.717, 1.165) is 52.1 Å². The molecule has 0 amide bonds. The Morgan fingerprint density at radius 2 is 1.51 bits per heavy atom. The number of carbonyl (C=O) groups excluding carboxylic acids is 2. The highest BCUT2D eigenvalue weighted by Gasteiger charge is 2.39. The molecule has 0 aliphatic carbocycles. The van der Waals surface area contributed by atoms with E-state index in [-0.39, 0.29) is 16.8 Å². The van der Waals surface area contributed by atoms with Gasteiger partial charge in [0.15, 0.2) is 0 Å². The van der Waals surface area contributed by atoms with Crippen LogP contribution in [0.5, 0.6) is 5.75 Å². The lowest BCUT2D eigenvalue weighted by Crippen LogP contribution is -2.46. The lowest BCUT2D eigenvalue weighted by molar-refractivity contribution is -0.384. The van der Waals surface area contributed by atoms with E-state index in [2.05, 4.69) is 39.4 Å². The molecule has 2 aromatic rings. The van der Waals surface area contributed by atoms with Crippen LogP contribution in [0.15, 0.2) is 71.1 Å². The zero-order valence-corrected chi connectivity index (χ0v) is 25.3. The number of piperazine rings is 1. The third-order valence-electron chi connectivity index (χ3n) is 7.93. The number of rotatable bonds is 12. The molecule has 2 aliphatic rings. The number of esters is 2. The largest absolute Gasteiger partial charge is 0.493 e. The normalized spacial score (nSPS) is 16.6. The number of nitrogens with zero attached hydrogens (tertiary/aromatic N) is 3. The molecule has 0 unspecified atom stereocenters. The second kappa shape index (κ2) is 14.8.